The standard InChI is InChI=1S/C44H62O9P2.C40H52O4.C2H6ClO3P/c1-31(21-17-23-33(3)25-27-37-35(5)41(45)39(29-43(37,7)8)52-54(14,47)49-11)19-15-16-20-32(2)22-18-24-34(4)26-28-38-36(6)42(46)40(30-44(38,9)10)53-55(48,50-12)51-13;1-27(17-13-19-29(3)21-23-33-31(5)37(43)35(41)25-39(33,7)8)15-11-12-16-28(2)18-14-20-30(4)22-24-34-32(6)38(44)36(42)26-40(34,9)10;1-5-7(3,4)6-2/h15-28,39-40H,29-30H2,1-14H3;11-24,35-36,41-42H,25-26H2,1-10H3;1-2H3/b16-15+,21-17+,22-18+,27-25+,28-26+,31-19+,32-20+,33-23+,34-24+;12-11+,17-13+,18-14+,23-21+,24-22+,27-15+,28-16+,29-19+,30-20+;. The third kappa shape index (κ3) is 32.0. The van der Waals surface area contributed by atoms with Gasteiger partial charge in [0.05, 0.1) is 0 Å². The molecule has 2 N–H and O–H groups in total. The zero-order chi connectivity index (χ0) is 80.9. The first-order chi connectivity index (χ1) is 49.1. The van der Waals surface area contributed by atoms with E-state index in [1.54, 1.807) is 27.7 Å². The van der Waals surface area contributed by atoms with Gasteiger partial charge in [-0.1, -0.05) is 270 Å². The van der Waals surface area contributed by atoms with Gasteiger partial charge >= 0.3 is 22.4 Å². The Labute approximate surface area is 639 Å². The molecule has 0 heterocycles. The maximum atomic E-state index is 13.1. The average molecular weight is 1540 g/mol. The van der Waals surface area contributed by atoms with Crippen LogP contribution in [0.1, 0.15) is 164 Å². The van der Waals surface area contributed by atoms with Crippen molar-refractivity contribution in [2.75, 3.05) is 42.2 Å². The SMILES string of the molecule is CC1=C(/C=C/C(C)=C/C=C/C(C)=C/C=C/C=C(C)/C=C/C=C(C)/C=C/C2=C(C)C(=O)C(O)CC2(C)C)C(C)(C)CC(O)C1=O.COP(=O)(Cl)OC.COP(C)(=O)OC1CC(C)(C)C(/C=C/C(C)=C/C=C/C(C)=C/C=C/C=C(C)/C=C/C=C(C)/C=C/C2=C(C)C(=O)C(OP(=O)(OC)OC)CC2(C)C)=C(C)C1=O. The third-order valence-electron chi connectivity index (χ3n) is 18.4. The number of halogens is 1. The molecule has 0 bridgehead atoms. The van der Waals surface area contributed by atoms with Gasteiger partial charge in [0.2, 0.25) is 0 Å². The quantitative estimate of drug-likeness (QED) is 0.0524. The first kappa shape index (κ1) is 95.7. The second-order valence-electron chi connectivity index (χ2n) is 29.6. The number of hydrogen-bond donors (Lipinski definition) is 2. The van der Waals surface area contributed by atoms with E-state index in [1.807, 2.05) is 201 Å². The number of aliphatic hydroxyl groups is 2. The van der Waals surface area contributed by atoms with Crippen LogP contribution in [-0.4, -0.2) is 100.0 Å². The fourth-order valence-corrected chi connectivity index (χ4v) is 13.7. The van der Waals surface area contributed by atoms with Gasteiger partial charge in [-0.3, -0.25) is 41.8 Å². The smallest absolute Gasteiger partial charge is 0.385 e. The van der Waals surface area contributed by atoms with Crippen molar-refractivity contribution < 1.29 is 74.8 Å². The molecule has 0 spiro atoms. The van der Waals surface area contributed by atoms with Crippen LogP contribution < -0.4 is 0 Å². The first-order valence-corrected chi connectivity index (χ1v) is 41.2. The monoisotopic (exact) mass is 1540 g/mol. The van der Waals surface area contributed by atoms with Gasteiger partial charge in [-0.15, -0.1) is 0 Å². The number of carbonyl (C=O) groups excluding carboxylic acids is 4. The second-order valence-corrected chi connectivity index (χ2v) is 36.4. The first-order valence-electron chi connectivity index (χ1n) is 35.3. The highest BCUT2D eigenvalue weighted by atomic mass is 35.7. The molecule has 0 amide bonds. The molecule has 4 aliphatic carbocycles. The van der Waals surface area contributed by atoms with Crippen LogP contribution in [0.15, 0.2) is 259 Å². The Hall–Kier alpha value is -6.42. The Morgan fingerprint density at radius 2 is 0.585 bits per heavy atom. The molecule has 0 aromatic rings. The number of carbonyl (C=O) groups is 4. The van der Waals surface area contributed by atoms with E-state index in [0.717, 1.165) is 66.9 Å². The number of phosphoric acid groups is 1. The van der Waals surface area contributed by atoms with E-state index in [1.165, 1.54) is 42.2 Å². The summed E-state index contributed by atoms with van der Waals surface area (Å²) in [5, 5.41) is 20.0. The summed E-state index contributed by atoms with van der Waals surface area (Å²) in [6, 6.07) is 0. The molecule has 582 valence electrons. The molecule has 106 heavy (non-hydrogen) atoms. The van der Waals surface area contributed by atoms with E-state index in [2.05, 4.69) is 88.7 Å². The number of ketones is 4. The van der Waals surface area contributed by atoms with Gasteiger partial charge in [-0.2, -0.15) is 0 Å². The van der Waals surface area contributed by atoms with E-state index in [9.17, 15) is 43.1 Å². The fraction of sp³-hybridized carbons (Fsp3) is 0.442. The van der Waals surface area contributed by atoms with Gasteiger partial charge in [0, 0.05) is 53.5 Å². The van der Waals surface area contributed by atoms with Crippen LogP contribution in [0, 0.1) is 21.7 Å². The van der Waals surface area contributed by atoms with Gasteiger partial charge in [-0.25, -0.2) is 9.13 Å². The van der Waals surface area contributed by atoms with Crippen molar-refractivity contribution in [1.82, 2.24) is 0 Å². The molecule has 4 aliphatic rings. The second kappa shape index (κ2) is 43.7. The summed E-state index contributed by atoms with van der Waals surface area (Å²) >= 11 is 5.02. The molecular weight excluding hydrogens is 1420 g/mol. The minimum Gasteiger partial charge on any atom is -0.385 e. The summed E-state index contributed by atoms with van der Waals surface area (Å²) in [5.74, 6) is -0.736. The molecule has 0 aromatic carbocycles. The molecule has 0 radical (unpaired) electrons. The number of rotatable bonds is 29. The van der Waals surface area contributed by atoms with Crippen molar-refractivity contribution in [3.63, 3.8) is 0 Å². The van der Waals surface area contributed by atoms with Crippen molar-refractivity contribution in [1.29, 1.82) is 0 Å². The van der Waals surface area contributed by atoms with E-state index in [-0.39, 0.29) is 39.4 Å². The van der Waals surface area contributed by atoms with Gasteiger partial charge in [0.25, 0.3) is 0 Å². The van der Waals surface area contributed by atoms with E-state index >= 15 is 0 Å². The zero-order valence-electron chi connectivity index (χ0n) is 67.6. The van der Waals surface area contributed by atoms with E-state index < -0.39 is 52.2 Å². The van der Waals surface area contributed by atoms with E-state index in [4.69, 9.17) is 33.9 Å². The molecule has 5 unspecified atom stereocenters. The van der Waals surface area contributed by atoms with Crippen LogP contribution in [0.4, 0.5) is 0 Å². The minimum atomic E-state index is -3.79. The van der Waals surface area contributed by atoms with Crippen molar-refractivity contribution in [2.24, 2.45) is 21.7 Å². The minimum absolute atomic E-state index is 0.160. The predicted octanol–water partition coefficient (Wildman–Crippen LogP) is 22.4. The lowest BCUT2D eigenvalue weighted by Crippen LogP contribution is -2.37. The van der Waals surface area contributed by atoms with Gasteiger partial charge in [-0.05, 0) is 175 Å². The predicted molar refractivity (Wildman–Crippen MR) is 437 cm³/mol. The van der Waals surface area contributed by atoms with Crippen LogP contribution in [-0.2, 0) is 64.5 Å². The highest BCUT2D eigenvalue weighted by Crippen LogP contribution is 2.54. The molecule has 16 nitrogen and oxygen atoms in total. The number of allylic oxidation sites excluding steroid dienone is 40. The normalized spacial score (nSPS) is 23.2. The molecule has 4 rings (SSSR count). The van der Waals surface area contributed by atoms with Crippen molar-refractivity contribution in [3.8, 4) is 0 Å². The lowest BCUT2D eigenvalue weighted by Gasteiger charge is -2.37. The summed E-state index contributed by atoms with van der Waals surface area (Å²) in [4.78, 5) is 50.5. The molecule has 0 saturated carbocycles. The van der Waals surface area contributed by atoms with E-state index in [0.29, 0.717) is 48.0 Å². The maximum Gasteiger partial charge on any atom is 0.474 e. The maximum absolute atomic E-state index is 13.1. The van der Waals surface area contributed by atoms with Crippen LogP contribution in [0.2, 0.25) is 0 Å². The number of aliphatic hydroxyl groups excluding tert-OH is 2. The van der Waals surface area contributed by atoms with Crippen molar-refractivity contribution >= 4 is 56.7 Å². The highest BCUT2D eigenvalue weighted by molar-refractivity contribution is 7.81. The molecular formula is C86H120ClO16P3. The Kier molecular flexibility index (Phi) is 39.4. The van der Waals surface area contributed by atoms with Crippen LogP contribution in [0.25, 0.3) is 0 Å². The highest BCUT2D eigenvalue weighted by Gasteiger charge is 2.44. The van der Waals surface area contributed by atoms with Gasteiger partial charge < -0.3 is 23.8 Å². The van der Waals surface area contributed by atoms with Crippen LogP contribution >= 0.6 is 33.6 Å². The Balaban J connectivity index is 0.000000672. The summed E-state index contributed by atoms with van der Waals surface area (Å²) in [5.41, 5.74) is 13.7. The molecule has 20 heteroatoms. The summed E-state index contributed by atoms with van der Waals surface area (Å²) < 4.78 is 69.3. The Bertz CT molecular complexity index is 3950. The largest absolute Gasteiger partial charge is 0.474 e. The Morgan fingerprint density at radius 1 is 0.358 bits per heavy atom. The summed E-state index contributed by atoms with van der Waals surface area (Å²) in [6.07, 6.45) is 54.7. The van der Waals surface area contributed by atoms with Gasteiger partial charge in [0.15, 0.2) is 23.1 Å². The third-order valence-corrected chi connectivity index (χ3v) is 22.8. The topological polar surface area (TPSA) is 225 Å². The Morgan fingerprint density at radius 3 is 0.821 bits per heavy atom. The lowest BCUT2D eigenvalue weighted by atomic mass is 9.71. The molecule has 0 aliphatic heterocycles. The zero-order valence-corrected chi connectivity index (χ0v) is 71.1. The number of Topliss-reactive ketones (excluding diaryl/α,β-unsaturated/α-hetero) is 4. The van der Waals surface area contributed by atoms with Crippen LogP contribution in [0.3, 0.4) is 0 Å². The van der Waals surface area contributed by atoms with Gasteiger partial charge in [0.1, 0.15) is 24.4 Å². The molecule has 0 saturated heterocycles. The fourth-order valence-electron chi connectivity index (χ4n) is 12.0. The van der Waals surface area contributed by atoms with Crippen molar-refractivity contribution in [3.05, 3.63) is 259 Å². The number of hydrogen-bond acceptors (Lipinski definition) is 16. The summed E-state index contributed by atoms with van der Waals surface area (Å²) in [7, 11) is -0.859. The number of phosphoric ester groups is 1. The molecule has 0 fully saturated rings. The van der Waals surface area contributed by atoms with Crippen molar-refractivity contribution in [2.45, 2.75) is 189 Å². The lowest BCUT2D eigenvalue weighted by molar-refractivity contribution is -0.126. The molecule has 5 atom stereocenters. The molecule has 0 aromatic heterocycles. The van der Waals surface area contributed by atoms with Crippen LogP contribution in [0.5, 0.6) is 0 Å². The average Bonchev–Trinajstić information content (AvgIpc) is 0.820. The summed E-state index contributed by atoms with van der Waals surface area (Å²) in [6.45, 7) is 38.0.